The van der Waals surface area contributed by atoms with E-state index in [4.69, 9.17) is 20.4 Å². The van der Waals surface area contributed by atoms with Crippen LogP contribution in [-0.4, -0.2) is 51.2 Å². The second kappa shape index (κ2) is 5.24. The summed E-state index contributed by atoms with van der Waals surface area (Å²) in [5, 5.41) is 32.6. The fraction of sp³-hybridized carbons (Fsp3) is 0.200. The molecule has 0 aliphatic carbocycles. The molecule has 0 fully saturated rings. The van der Waals surface area contributed by atoms with Crippen molar-refractivity contribution in [2.24, 2.45) is 0 Å². The Balaban J connectivity index is 5.16. The number of carbonyl (C=O) groups is 4. The SMILES string of the molecule is O=C(O)OC(OC(=O)O)(OC(=O)O)OC(=O)O. The molecule has 12 heteroatoms. The molecule has 0 aliphatic heterocycles. The fourth-order valence-electron chi connectivity index (χ4n) is 0.553. The normalized spacial score (nSPS) is 9.88. The first-order chi connectivity index (χ1) is 7.67. The third kappa shape index (κ3) is 5.50. The molecule has 0 saturated carbocycles. The third-order valence-electron chi connectivity index (χ3n) is 0.849. The molecule has 0 aromatic carbocycles. The maximum Gasteiger partial charge on any atom is 0.629 e. The van der Waals surface area contributed by atoms with E-state index in [0.717, 1.165) is 0 Å². The first-order valence-electron chi connectivity index (χ1n) is 3.34. The van der Waals surface area contributed by atoms with Gasteiger partial charge in [-0.3, -0.25) is 0 Å². The van der Waals surface area contributed by atoms with Crippen LogP contribution in [0.15, 0.2) is 0 Å². The van der Waals surface area contributed by atoms with E-state index in [9.17, 15) is 19.2 Å². The third-order valence-corrected chi connectivity index (χ3v) is 0.849. The Morgan fingerprint density at radius 3 is 0.882 bits per heavy atom. The molecule has 0 rings (SSSR count). The zero-order valence-corrected chi connectivity index (χ0v) is 7.55. The molecule has 0 heterocycles. The van der Waals surface area contributed by atoms with Gasteiger partial charge < -0.3 is 39.4 Å². The highest BCUT2D eigenvalue weighted by Crippen LogP contribution is 2.19. The molecule has 0 aliphatic rings. The lowest BCUT2D eigenvalue weighted by molar-refractivity contribution is -0.426. The van der Waals surface area contributed by atoms with Gasteiger partial charge in [0.1, 0.15) is 0 Å². The number of ether oxygens (including phenoxy) is 4. The minimum Gasteiger partial charge on any atom is -0.449 e. The highest BCUT2D eigenvalue weighted by Gasteiger charge is 2.51. The van der Waals surface area contributed by atoms with Gasteiger partial charge in [0.25, 0.3) is 0 Å². The highest BCUT2D eigenvalue weighted by molar-refractivity contribution is 5.64. The molecule has 0 spiro atoms. The van der Waals surface area contributed by atoms with E-state index in [1.54, 1.807) is 0 Å². The minimum absolute atomic E-state index is 2.31. The lowest BCUT2D eigenvalue weighted by Gasteiger charge is -2.23. The van der Waals surface area contributed by atoms with Crippen LogP contribution in [0.5, 0.6) is 0 Å². The molecule has 12 nitrogen and oxygen atoms in total. The van der Waals surface area contributed by atoms with Crippen LogP contribution in [0.1, 0.15) is 0 Å². The second-order valence-electron chi connectivity index (χ2n) is 1.97. The van der Waals surface area contributed by atoms with Crippen LogP contribution < -0.4 is 0 Å². The van der Waals surface area contributed by atoms with Gasteiger partial charge in [0.15, 0.2) is 0 Å². The van der Waals surface area contributed by atoms with Gasteiger partial charge in [-0.15, -0.1) is 0 Å². The van der Waals surface area contributed by atoms with Gasteiger partial charge in [-0.1, -0.05) is 0 Å². The predicted octanol–water partition coefficient (Wildman–Crippen LogP) is 0.376. The van der Waals surface area contributed by atoms with Gasteiger partial charge >= 0.3 is 30.8 Å². The molecule has 17 heavy (non-hydrogen) atoms. The molecule has 0 saturated heterocycles. The van der Waals surface area contributed by atoms with Crippen LogP contribution in [0.25, 0.3) is 0 Å². The van der Waals surface area contributed by atoms with E-state index in [-0.39, 0.29) is 0 Å². The summed E-state index contributed by atoms with van der Waals surface area (Å²) in [6.07, 6.45) is -13.1. The molecule has 0 radical (unpaired) electrons. The quantitative estimate of drug-likeness (QED) is 0.400. The highest BCUT2D eigenvalue weighted by atomic mass is 17.1. The number of hydrogen-bond acceptors (Lipinski definition) is 8. The van der Waals surface area contributed by atoms with Crippen LogP contribution in [0.4, 0.5) is 19.2 Å². The Morgan fingerprint density at radius 2 is 0.765 bits per heavy atom. The van der Waals surface area contributed by atoms with Crippen molar-refractivity contribution in [2.45, 2.75) is 6.16 Å². The lowest BCUT2D eigenvalue weighted by atomic mass is 10.9. The smallest absolute Gasteiger partial charge is 0.449 e. The summed E-state index contributed by atoms with van der Waals surface area (Å²) in [4.78, 5) is 40.5. The van der Waals surface area contributed by atoms with E-state index in [0.29, 0.717) is 0 Å². The molecule has 0 aromatic heterocycles. The van der Waals surface area contributed by atoms with Crippen molar-refractivity contribution < 1.29 is 58.6 Å². The Hall–Kier alpha value is -2.92. The zero-order valence-electron chi connectivity index (χ0n) is 7.55. The molecular weight excluding hydrogens is 252 g/mol. The van der Waals surface area contributed by atoms with E-state index in [2.05, 4.69) is 18.9 Å². The molecule has 0 bridgehead atoms. The summed E-state index contributed by atoms with van der Waals surface area (Å²) in [7, 11) is 0. The molecule has 0 amide bonds. The number of carboxylic acid groups (broad SMARTS) is 4. The van der Waals surface area contributed by atoms with Crippen LogP contribution >= 0.6 is 0 Å². The largest absolute Gasteiger partial charge is 0.629 e. The summed E-state index contributed by atoms with van der Waals surface area (Å²) >= 11 is 0. The van der Waals surface area contributed by atoms with Crippen molar-refractivity contribution >= 4 is 24.6 Å². The predicted molar refractivity (Wildman–Crippen MR) is 39.2 cm³/mol. The first kappa shape index (κ1) is 14.1. The summed E-state index contributed by atoms with van der Waals surface area (Å²) in [6.45, 7) is 0. The standard InChI is InChI=1S/C5H4O12/c6-1(7)14-5(15-2(8)9,16-3(10)11)17-4(12)13/h(H,6,7)(H,8,9)(H,10,11)(H,12,13). The Kier molecular flexibility index (Phi) is 4.34. The van der Waals surface area contributed by atoms with Crippen molar-refractivity contribution in [3.8, 4) is 0 Å². The summed E-state index contributed by atoms with van der Waals surface area (Å²) < 4.78 is 13.9. The monoisotopic (exact) mass is 256 g/mol. The number of rotatable bonds is 4. The molecule has 96 valence electrons. The molecule has 0 unspecified atom stereocenters. The maximum atomic E-state index is 10.1. The minimum atomic E-state index is -3.81. The molecule has 0 atom stereocenters. The van der Waals surface area contributed by atoms with E-state index >= 15 is 0 Å². The van der Waals surface area contributed by atoms with Gasteiger partial charge in [0.2, 0.25) is 0 Å². The van der Waals surface area contributed by atoms with Gasteiger partial charge in [-0.25, -0.2) is 19.2 Å². The van der Waals surface area contributed by atoms with Crippen LogP contribution in [0.3, 0.4) is 0 Å². The van der Waals surface area contributed by atoms with Crippen molar-refractivity contribution in [3.05, 3.63) is 0 Å². The van der Waals surface area contributed by atoms with Crippen molar-refractivity contribution in [1.82, 2.24) is 0 Å². The van der Waals surface area contributed by atoms with Crippen LogP contribution in [0, 0.1) is 0 Å². The van der Waals surface area contributed by atoms with Gasteiger partial charge in [0.05, 0.1) is 0 Å². The number of hydrogen-bond donors (Lipinski definition) is 4. The average molecular weight is 256 g/mol. The zero-order chi connectivity index (χ0) is 13.6. The van der Waals surface area contributed by atoms with Crippen molar-refractivity contribution in [3.63, 3.8) is 0 Å². The van der Waals surface area contributed by atoms with Gasteiger partial charge in [0, 0.05) is 0 Å². The molecular formula is C5H4O12. The second-order valence-corrected chi connectivity index (χ2v) is 1.97. The topological polar surface area (TPSA) is 186 Å². The molecule has 4 N–H and O–H groups in total. The van der Waals surface area contributed by atoms with Crippen molar-refractivity contribution in [1.29, 1.82) is 0 Å². The Labute approximate surface area is 90.5 Å². The lowest BCUT2D eigenvalue weighted by Crippen LogP contribution is -2.47. The molecule has 0 aromatic rings. The summed E-state index contributed by atoms with van der Waals surface area (Å²) in [5.41, 5.74) is 0. The summed E-state index contributed by atoms with van der Waals surface area (Å²) in [5.74, 6) is 0. The fourth-order valence-corrected chi connectivity index (χ4v) is 0.553. The van der Waals surface area contributed by atoms with Crippen LogP contribution in [0.2, 0.25) is 0 Å². The Bertz CT molecular complexity index is 273. The average Bonchev–Trinajstić information content (AvgIpc) is 1.95. The van der Waals surface area contributed by atoms with Gasteiger partial charge in [-0.2, -0.15) is 0 Å². The maximum absolute atomic E-state index is 10.1. The van der Waals surface area contributed by atoms with Crippen LogP contribution in [-0.2, 0) is 18.9 Å². The Morgan fingerprint density at radius 1 is 0.588 bits per heavy atom. The van der Waals surface area contributed by atoms with E-state index in [1.165, 1.54) is 0 Å². The van der Waals surface area contributed by atoms with E-state index in [1.807, 2.05) is 0 Å². The first-order valence-corrected chi connectivity index (χ1v) is 3.34. The van der Waals surface area contributed by atoms with Crippen molar-refractivity contribution in [2.75, 3.05) is 0 Å². The van der Waals surface area contributed by atoms with E-state index < -0.39 is 30.8 Å². The van der Waals surface area contributed by atoms with Gasteiger partial charge in [-0.05, 0) is 0 Å². The summed E-state index contributed by atoms with van der Waals surface area (Å²) in [6, 6.07) is 0.